The Balaban J connectivity index is 1.51. The molecule has 1 fully saturated rings. The van der Waals surface area contributed by atoms with Crippen LogP contribution in [0.5, 0.6) is 0 Å². The first-order valence-electron chi connectivity index (χ1n) is 10.0. The number of rotatable bonds is 5. The molecule has 1 unspecified atom stereocenters. The minimum absolute atomic E-state index is 0.650. The predicted octanol–water partition coefficient (Wildman–Crippen LogP) is 4.28. The Hall–Kier alpha value is -1.84. The minimum Gasteiger partial charge on any atom is -0.379 e. The lowest BCUT2D eigenvalue weighted by Crippen LogP contribution is -2.38. The van der Waals surface area contributed by atoms with Crippen LogP contribution in [0, 0.1) is 5.92 Å². The topological polar surface area (TPSA) is 15.7 Å². The second-order valence-electron chi connectivity index (χ2n) is 7.72. The van der Waals surface area contributed by atoms with E-state index in [1.54, 1.807) is 0 Å². The van der Waals surface area contributed by atoms with Crippen molar-refractivity contribution in [2.24, 2.45) is 5.92 Å². The van der Waals surface area contributed by atoms with E-state index < -0.39 is 0 Å². The highest BCUT2D eigenvalue weighted by atomic mass is 16.5. The molecule has 0 spiro atoms. The van der Waals surface area contributed by atoms with E-state index in [1.165, 1.54) is 35.5 Å². The van der Waals surface area contributed by atoms with Crippen molar-refractivity contribution in [3.05, 3.63) is 59.7 Å². The van der Waals surface area contributed by atoms with Crippen LogP contribution in [0.1, 0.15) is 24.5 Å². The van der Waals surface area contributed by atoms with Crippen molar-refractivity contribution in [3.8, 4) is 0 Å². The fraction of sp³-hybridized carbons (Fsp3) is 0.478. The molecule has 2 heterocycles. The molecule has 0 radical (unpaired) electrons. The molecule has 0 aliphatic carbocycles. The standard InChI is InChI=1S/C23H30N2O/c1-19(12-13-24-14-16-26-17-15-24)18-25-22-8-4-2-6-20(22)10-11-21-7-3-5-9-23(21)25/h2-9,19H,10-18H2,1H3. The maximum Gasteiger partial charge on any atom is 0.0594 e. The molecule has 0 bridgehead atoms. The molecule has 1 saturated heterocycles. The Morgan fingerprint density at radius 3 is 2.08 bits per heavy atom. The fourth-order valence-electron chi connectivity index (χ4n) is 4.20. The third-order valence-electron chi connectivity index (χ3n) is 5.76. The summed E-state index contributed by atoms with van der Waals surface area (Å²) in [7, 11) is 0. The third-order valence-corrected chi connectivity index (χ3v) is 5.76. The van der Waals surface area contributed by atoms with E-state index >= 15 is 0 Å². The van der Waals surface area contributed by atoms with Gasteiger partial charge in [-0.1, -0.05) is 43.3 Å². The van der Waals surface area contributed by atoms with Gasteiger partial charge in [0.05, 0.1) is 13.2 Å². The van der Waals surface area contributed by atoms with Gasteiger partial charge in [-0.05, 0) is 55.0 Å². The largest absolute Gasteiger partial charge is 0.379 e. The van der Waals surface area contributed by atoms with Crippen LogP contribution in [-0.2, 0) is 17.6 Å². The van der Waals surface area contributed by atoms with E-state index in [0.29, 0.717) is 5.92 Å². The molecule has 0 saturated carbocycles. The summed E-state index contributed by atoms with van der Waals surface area (Å²) in [6.45, 7) is 8.61. The highest BCUT2D eigenvalue weighted by molar-refractivity contribution is 5.71. The highest BCUT2D eigenvalue weighted by Crippen LogP contribution is 2.36. The first kappa shape index (κ1) is 17.6. The number of aryl methyl sites for hydroxylation is 2. The molecule has 3 heteroatoms. The van der Waals surface area contributed by atoms with E-state index in [4.69, 9.17) is 4.74 Å². The van der Waals surface area contributed by atoms with E-state index in [2.05, 4.69) is 65.3 Å². The third kappa shape index (κ3) is 3.94. The summed E-state index contributed by atoms with van der Waals surface area (Å²) in [5.74, 6) is 0.650. The zero-order chi connectivity index (χ0) is 17.8. The molecule has 2 aromatic carbocycles. The molecule has 1 atom stereocenters. The van der Waals surface area contributed by atoms with Gasteiger partial charge in [0, 0.05) is 31.0 Å². The minimum atomic E-state index is 0.650. The lowest BCUT2D eigenvalue weighted by molar-refractivity contribution is 0.0358. The van der Waals surface area contributed by atoms with Gasteiger partial charge >= 0.3 is 0 Å². The van der Waals surface area contributed by atoms with Crippen molar-refractivity contribution < 1.29 is 4.74 Å². The number of hydrogen-bond acceptors (Lipinski definition) is 3. The van der Waals surface area contributed by atoms with Gasteiger partial charge in [-0.3, -0.25) is 4.90 Å². The SMILES string of the molecule is CC(CCN1CCOCC1)CN1c2ccccc2CCc2ccccc21. The van der Waals surface area contributed by atoms with Crippen LogP contribution in [0.2, 0.25) is 0 Å². The van der Waals surface area contributed by atoms with E-state index in [0.717, 1.165) is 45.7 Å². The van der Waals surface area contributed by atoms with Crippen LogP contribution in [0.25, 0.3) is 0 Å². The van der Waals surface area contributed by atoms with Gasteiger partial charge in [0.25, 0.3) is 0 Å². The lowest BCUT2D eigenvalue weighted by atomic mass is 10.0. The fourth-order valence-corrected chi connectivity index (χ4v) is 4.20. The molecule has 4 rings (SSSR count). The van der Waals surface area contributed by atoms with Gasteiger partial charge in [-0.2, -0.15) is 0 Å². The molecular formula is C23H30N2O. The predicted molar refractivity (Wildman–Crippen MR) is 108 cm³/mol. The van der Waals surface area contributed by atoms with Crippen molar-refractivity contribution in [2.75, 3.05) is 44.3 Å². The summed E-state index contributed by atoms with van der Waals surface area (Å²) < 4.78 is 5.47. The maximum atomic E-state index is 5.47. The zero-order valence-electron chi connectivity index (χ0n) is 15.9. The number of anilines is 2. The van der Waals surface area contributed by atoms with Crippen molar-refractivity contribution in [1.29, 1.82) is 0 Å². The lowest BCUT2D eigenvalue weighted by Gasteiger charge is -2.31. The Morgan fingerprint density at radius 2 is 1.46 bits per heavy atom. The van der Waals surface area contributed by atoms with Crippen LogP contribution < -0.4 is 4.90 Å². The Labute approximate surface area is 157 Å². The van der Waals surface area contributed by atoms with Crippen LogP contribution in [0.15, 0.2) is 48.5 Å². The number of para-hydroxylation sites is 2. The zero-order valence-corrected chi connectivity index (χ0v) is 15.9. The number of nitrogens with zero attached hydrogens (tertiary/aromatic N) is 2. The Bertz CT molecular complexity index is 676. The summed E-state index contributed by atoms with van der Waals surface area (Å²) in [4.78, 5) is 5.12. The second kappa shape index (κ2) is 8.24. The molecule has 2 aliphatic heterocycles. The average molecular weight is 351 g/mol. The van der Waals surface area contributed by atoms with Crippen molar-refractivity contribution in [2.45, 2.75) is 26.2 Å². The van der Waals surface area contributed by atoms with Gasteiger partial charge in [-0.15, -0.1) is 0 Å². The molecule has 0 aromatic heterocycles. The van der Waals surface area contributed by atoms with Gasteiger partial charge in [0.1, 0.15) is 0 Å². The smallest absolute Gasteiger partial charge is 0.0594 e. The van der Waals surface area contributed by atoms with Crippen LogP contribution in [0.3, 0.4) is 0 Å². The monoisotopic (exact) mass is 350 g/mol. The van der Waals surface area contributed by atoms with Crippen LogP contribution in [0.4, 0.5) is 11.4 Å². The van der Waals surface area contributed by atoms with Gasteiger partial charge in [0.15, 0.2) is 0 Å². The van der Waals surface area contributed by atoms with Gasteiger partial charge in [-0.25, -0.2) is 0 Å². The summed E-state index contributed by atoms with van der Waals surface area (Å²) in [5.41, 5.74) is 5.75. The summed E-state index contributed by atoms with van der Waals surface area (Å²) >= 11 is 0. The van der Waals surface area contributed by atoms with Gasteiger partial charge in [0.2, 0.25) is 0 Å². The number of benzene rings is 2. The molecule has 2 aromatic rings. The maximum absolute atomic E-state index is 5.47. The Kier molecular flexibility index (Phi) is 5.57. The molecular weight excluding hydrogens is 320 g/mol. The number of ether oxygens (including phenoxy) is 1. The molecule has 2 aliphatic rings. The molecule has 0 N–H and O–H groups in total. The van der Waals surface area contributed by atoms with E-state index in [1.807, 2.05) is 0 Å². The molecule has 138 valence electrons. The van der Waals surface area contributed by atoms with Gasteiger partial charge < -0.3 is 9.64 Å². The quantitative estimate of drug-likeness (QED) is 0.800. The van der Waals surface area contributed by atoms with Crippen molar-refractivity contribution in [3.63, 3.8) is 0 Å². The number of hydrogen-bond donors (Lipinski definition) is 0. The van der Waals surface area contributed by atoms with Crippen molar-refractivity contribution in [1.82, 2.24) is 4.90 Å². The highest BCUT2D eigenvalue weighted by Gasteiger charge is 2.22. The molecule has 0 amide bonds. The number of morpholine rings is 1. The van der Waals surface area contributed by atoms with E-state index in [-0.39, 0.29) is 0 Å². The second-order valence-corrected chi connectivity index (χ2v) is 7.72. The summed E-state index contributed by atoms with van der Waals surface area (Å²) in [5, 5.41) is 0. The van der Waals surface area contributed by atoms with E-state index in [9.17, 15) is 0 Å². The average Bonchev–Trinajstić information content (AvgIpc) is 2.85. The first-order valence-corrected chi connectivity index (χ1v) is 10.0. The van der Waals surface area contributed by atoms with Crippen LogP contribution in [-0.4, -0.2) is 44.3 Å². The number of fused-ring (bicyclic) bond motifs is 2. The Morgan fingerprint density at radius 1 is 0.885 bits per heavy atom. The summed E-state index contributed by atoms with van der Waals surface area (Å²) in [6, 6.07) is 17.9. The molecule has 26 heavy (non-hydrogen) atoms. The van der Waals surface area contributed by atoms with Crippen molar-refractivity contribution >= 4 is 11.4 Å². The summed E-state index contributed by atoms with van der Waals surface area (Å²) in [6.07, 6.45) is 3.50. The first-order chi connectivity index (χ1) is 12.8. The van der Waals surface area contributed by atoms with Crippen LogP contribution >= 0.6 is 0 Å². The normalized spacial score (nSPS) is 18.7. The molecule has 3 nitrogen and oxygen atoms in total.